The van der Waals surface area contributed by atoms with Crippen LogP contribution in [0.4, 0.5) is 0 Å². The third kappa shape index (κ3) is 7.27. The number of ether oxygens (including phenoxy) is 1. The molecule has 0 spiro atoms. The van der Waals surface area contributed by atoms with E-state index >= 15 is 0 Å². The van der Waals surface area contributed by atoms with Crippen LogP contribution in [-0.2, 0) is 4.74 Å². The summed E-state index contributed by atoms with van der Waals surface area (Å²) in [5.41, 5.74) is 0. The average molecular weight is 272 g/mol. The molecule has 1 aliphatic rings. The van der Waals surface area contributed by atoms with Gasteiger partial charge in [-0.2, -0.15) is 0 Å². The minimum atomic E-state index is 0.620. The fourth-order valence-electron chi connectivity index (χ4n) is 1.92. The first-order valence-electron chi connectivity index (χ1n) is 7.24. The summed E-state index contributed by atoms with van der Waals surface area (Å²) in [6.45, 7) is 9.36. The highest BCUT2D eigenvalue weighted by Gasteiger charge is 2.20. The van der Waals surface area contributed by atoms with E-state index < -0.39 is 0 Å². The molecule has 1 saturated heterocycles. The van der Waals surface area contributed by atoms with Crippen LogP contribution in [0, 0.1) is 5.92 Å². The standard InChI is InChI=1S/C14H28N2OS/c1-4-5-8-17-9-6-7-15-14-16-13(11-18-14)10-12(2)3/h12-13H,4-11H2,1-3H3,(H,15,16). The zero-order valence-electron chi connectivity index (χ0n) is 12.1. The van der Waals surface area contributed by atoms with E-state index in [1.54, 1.807) is 0 Å². The molecule has 3 nitrogen and oxygen atoms in total. The summed E-state index contributed by atoms with van der Waals surface area (Å²) in [6.07, 6.45) is 4.65. The van der Waals surface area contributed by atoms with E-state index in [4.69, 9.17) is 4.74 Å². The zero-order valence-corrected chi connectivity index (χ0v) is 12.9. The van der Waals surface area contributed by atoms with Gasteiger partial charge in [-0.25, -0.2) is 0 Å². The highest BCUT2D eigenvalue weighted by atomic mass is 32.2. The lowest BCUT2D eigenvalue weighted by atomic mass is 10.1. The van der Waals surface area contributed by atoms with E-state index in [1.165, 1.54) is 25.0 Å². The molecule has 0 aliphatic carbocycles. The molecule has 0 radical (unpaired) electrons. The molecular formula is C14H28N2OS. The molecule has 1 N–H and O–H groups in total. The maximum Gasteiger partial charge on any atom is 0.156 e. The van der Waals surface area contributed by atoms with Gasteiger partial charge in [0.15, 0.2) is 5.17 Å². The Bertz CT molecular complexity index is 244. The number of nitrogens with zero attached hydrogens (tertiary/aromatic N) is 1. The molecule has 1 heterocycles. The molecule has 0 saturated carbocycles. The third-order valence-electron chi connectivity index (χ3n) is 2.85. The fraction of sp³-hybridized carbons (Fsp3) is 0.929. The van der Waals surface area contributed by atoms with Gasteiger partial charge in [-0.15, -0.1) is 0 Å². The number of nitrogens with one attached hydrogen (secondary N) is 1. The topological polar surface area (TPSA) is 33.6 Å². The van der Waals surface area contributed by atoms with Crippen LogP contribution in [0.3, 0.4) is 0 Å². The minimum Gasteiger partial charge on any atom is -0.381 e. The molecule has 1 atom stereocenters. The van der Waals surface area contributed by atoms with Crippen LogP contribution in [0.25, 0.3) is 0 Å². The van der Waals surface area contributed by atoms with Crippen molar-refractivity contribution in [2.45, 2.75) is 52.5 Å². The number of hydrogen-bond acceptors (Lipinski definition) is 3. The van der Waals surface area contributed by atoms with Crippen LogP contribution < -0.4 is 5.32 Å². The Morgan fingerprint density at radius 2 is 2.17 bits per heavy atom. The van der Waals surface area contributed by atoms with E-state index in [0.717, 1.165) is 37.3 Å². The number of thioether (sulfide) groups is 1. The molecule has 1 unspecified atom stereocenters. The van der Waals surface area contributed by atoms with Gasteiger partial charge < -0.3 is 10.1 Å². The summed E-state index contributed by atoms with van der Waals surface area (Å²) in [5.74, 6) is 1.93. The first-order chi connectivity index (χ1) is 8.72. The van der Waals surface area contributed by atoms with Gasteiger partial charge >= 0.3 is 0 Å². The van der Waals surface area contributed by atoms with Crippen molar-refractivity contribution in [2.24, 2.45) is 10.9 Å². The number of amidine groups is 1. The summed E-state index contributed by atoms with van der Waals surface area (Å²) in [4.78, 5) is 4.59. The van der Waals surface area contributed by atoms with Crippen molar-refractivity contribution in [3.05, 3.63) is 0 Å². The average Bonchev–Trinajstić information content (AvgIpc) is 2.75. The fourth-order valence-corrected chi connectivity index (χ4v) is 2.93. The van der Waals surface area contributed by atoms with Crippen molar-refractivity contribution in [3.63, 3.8) is 0 Å². The van der Waals surface area contributed by atoms with E-state index in [2.05, 4.69) is 31.1 Å². The number of aliphatic imine (C=N–C) groups is 1. The largest absolute Gasteiger partial charge is 0.381 e. The highest BCUT2D eigenvalue weighted by molar-refractivity contribution is 8.14. The van der Waals surface area contributed by atoms with Crippen LogP contribution in [-0.4, -0.2) is 36.7 Å². The lowest BCUT2D eigenvalue weighted by Gasteiger charge is -2.11. The quantitative estimate of drug-likeness (QED) is 0.654. The lowest BCUT2D eigenvalue weighted by Crippen LogP contribution is -2.28. The molecular weight excluding hydrogens is 244 g/mol. The molecule has 0 amide bonds. The predicted molar refractivity (Wildman–Crippen MR) is 81.5 cm³/mol. The zero-order chi connectivity index (χ0) is 13.2. The van der Waals surface area contributed by atoms with Crippen LogP contribution in [0.15, 0.2) is 4.99 Å². The molecule has 0 bridgehead atoms. The van der Waals surface area contributed by atoms with Gasteiger partial charge in [-0.1, -0.05) is 39.0 Å². The molecule has 0 aromatic carbocycles. The summed E-state index contributed by atoms with van der Waals surface area (Å²) >= 11 is 1.86. The molecule has 1 aliphatic heterocycles. The number of rotatable bonds is 9. The van der Waals surface area contributed by atoms with Crippen LogP contribution in [0.1, 0.15) is 46.5 Å². The van der Waals surface area contributed by atoms with Crippen LogP contribution in [0.2, 0.25) is 0 Å². The molecule has 18 heavy (non-hydrogen) atoms. The van der Waals surface area contributed by atoms with E-state index in [9.17, 15) is 0 Å². The molecule has 1 rings (SSSR count). The molecule has 0 aromatic heterocycles. The van der Waals surface area contributed by atoms with E-state index in [-0.39, 0.29) is 0 Å². The van der Waals surface area contributed by atoms with Crippen LogP contribution >= 0.6 is 11.8 Å². The van der Waals surface area contributed by atoms with Gasteiger partial charge in [-0.05, 0) is 25.2 Å². The maximum absolute atomic E-state index is 5.52. The molecule has 106 valence electrons. The van der Waals surface area contributed by atoms with E-state index in [1.807, 2.05) is 11.8 Å². The Morgan fingerprint density at radius 1 is 1.39 bits per heavy atom. The smallest absolute Gasteiger partial charge is 0.156 e. The van der Waals surface area contributed by atoms with Crippen molar-refractivity contribution >= 4 is 16.9 Å². The summed E-state index contributed by atoms with van der Waals surface area (Å²) in [7, 11) is 0. The Kier molecular flexibility index (Phi) is 8.51. The first-order valence-corrected chi connectivity index (χ1v) is 8.22. The van der Waals surface area contributed by atoms with Gasteiger partial charge in [0.05, 0.1) is 0 Å². The predicted octanol–water partition coefficient (Wildman–Crippen LogP) is 3.30. The Hall–Kier alpha value is -0.220. The van der Waals surface area contributed by atoms with Gasteiger partial charge in [0.1, 0.15) is 0 Å². The molecule has 4 heteroatoms. The van der Waals surface area contributed by atoms with Crippen molar-refractivity contribution in [1.29, 1.82) is 0 Å². The summed E-state index contributed by atoms with van der Waals surface area (Å²) in [6, 6.07) is 0.620. The molecule has 1 fully saturated rings. The Morgan fingerprint density at radius 3 is 2.89 bits per heavy atom. The SMILES string of the molecule is CCCCOCCCN=C1NC(CC(C)C)CS1. The monoisotopic (exact) mass is 272 g/mol. The normalized spacial score (nSPS) is 21.8. The highest BCUT2D eigenvalue weighted by Crippen LogP contribution is 2.18. The van der Waals surface area contributed by atoms with Crippen molar-refractivity contribution < 1.29 is 4.74 Å². The second kappa shape index (κ2) is 9.68. The van der Waals surface area contributed by atoms with Gasteiger partial charge in [0, 0.05) is 31.6 Å². The lowest BCUT2D eigenvalue weighted by molar-refractivity contribution is 0.130. The summed E-state index contributed by atoms with van der Waals surface area (Å²) in [5, 5.41) is 4.64. The second-order valence-electron chi connectivity index (χ2n) is 5.29. The summed E-state index contributed by atoms with van der Waals surface area (Å²) < 4.78 is 5.52. The van der Waals surface area contributed by atoms with Gasteiger partial charge in [0.2, 0.25) is 0 Å². The van der Waals surface area contributed by atoms with Crippen LogP contribution in [0.5, 0.6) is 0 Å². The minimum absolute atomic E-state index is 0.620. The van der Waals surface area contributed by atoms with Gasteiger partial charge in [-0.3, -0.25) is 4.99 Å². The second-order valence-corrected chi connectivity index (χ2v) is 6.30. The van der Waals surface area contributed by atoms with Gasteiger partial charge in [0.25, 0.3) is 0 Å². The third-order valence-corrected chi connectivity index (χ3v) is 3.94. The van der Waals surface area contributed by atoms with Crippen molar-refractivity contribution in [3.8, 4) is 0 Å². The molecule has 0 aromatic rings. The number of hydrogen-bond donors (Lipinski definition) is 1. The maximum atomic E-state index is 5.52. The Labute approximate surface area is 116 Å². The van der Waals surface area contributed by atoms with Crippen molar-refractivity contribution in [2.75, 3.05) is 25.5 Å². The Balaban J connectivity index is 2.02. The van der Waals surface area contributed by atoms with Crippen molar-refractivity contribution in [1.82, 2.24) is 5.32 Å². The first kappa shape index (κ1) is 15.8. The number of unbranched alkanes of at least 4 members (excludes halogenated alkanes) is 1. The van der Waals surface area contributed by atoms with E-state index in [0.29, 0.717) is 6.04 Å².